The Morgan fingerprint density at radius 2 is 2.30 bits per heavy atom. The molecular formula is C13H12N4O2S. The van der Waals surface area contributed by atoms with Crippen LogP contribution in [0.15, 0.2) is 24.4 Å². The number of aryl methyl sites for hydroxylation is 1. The molecule has 2 heterocycles. The third-order valence-electron chi connectivity index (χ3n) is 2.75. The largest absolute Gasteiger partial charge is 0.362 e. The Balaban J connectivity index is 2.25. The van der Waals surface area contributed by atoms with Crippen molar-refractivity contribution >= 4 is 22.8 Å². The van der Waals surface area contributed by atoms with Gasteiger partial charge >= 0.3 is 0 Å². The molecule has 2 aromatic rings. The Morgan fingerprint density at radius 1 is 1.55 bits per heavy atom. The minimum Gasteiger partial charge on any atom is -0.362 e. The van der Waals surface area contributed by atoms with Gasteiger partial charge in [0.2, 0.25) is 0 Å². The van der Waals surface area contributed by atoms with E-state index in [1.54, 1.807) is 11.3 Å². The second kappa shape index (κ2) is 5.67. The fourth-order valence-corrected chi connectivity index (χ4v) is 2.60. The van der Waals surface area contributed by atoms with Gasteiger partial charge in [0.15, 0.2) is 0 Å². The number of rotatable bonds is 4. The summed E-state index contributed by atoms with van der Waals surface area (Å²) >= 11 is 1.66. The van der Waals surface area contributed by atoms with Crippen LogP contribution in [0.4, 0.5) is 11.5 Å². The molecule has 2 aromatic heterocycles. The number of nitrogens with one attached hydrogen (secondary N) is 1. The van der Waals surface area contributed by atoms with Crippen LogP contribution in [0.3, 0.4) is 0 Å². The van der Waals surface area contributed by atoms with Crippen molar-refractivity contribution in [3.05, 3.63) is 49.8 Å². The van der Waals surface area contributed by atoms with Crippen molar-refractivity contribution in [1.82, 2.24) is 4.98 Å². The minimum absolute atomic E-state index is 0.0187. The Kier molecular flexibility index (Phi) is 3.96. The van der Waals surface area contributed by atoms with E-state index in [2.05, 4.69) is 10.3 Å². The number of anilines is 1. The van der Waals surface area contributed by atoms with Gasteiger partial charge in [0, 0.05) is 15.8 Å². The van der Waals surface area contributed by atoms with Crippen molar-refractivity contribution < 1.29 is 4.92 Å². The zero-order chi connectivity index (χ0) is 14.7. The molecule has 1 N–H and O–H groups in total. The number of thiophene rings is 1. The molecule has 0 saturated carbocycles. The third-order valence-corrected chi connectivity index (χ3v) is 3.93. The normalized spacial score (nSPS) is 11.7. The van der Waals surface area contributed by atoms with Crippen LogP contribution in [0.2, 0.25) is 0 Å². The first-order valence-electron chi connectivity index (χ1n) is 5.88. The van der Waals surface area contributed by atoms with Crippen molar-refractivity contribution in [2.24, 2.45) is 0 Å². The SMILES string of the molecule is Cc1ccc(C(C)Nc2ncc([N+](=O)[O-])cc2C#N)s1. The molecule has 1 unspecified atom stereocenters. The molecule has 0 fully saturated rings. The summed E-state index contributed by atoms with van der Waals surface area (Å²) in [5.74, 6) is 0.358. The number of pyridine rings is 1. The standard InChI is InChI=1S/C13H12N4O2S/c1-8-3-4-12(20-8)9(2)16-13-10(6-14)5-11(7-15-13)17(18)19/h3-5,7,9H,1-2H3,(H,15,16). The van der Waals surface area contributed by atoms with Crippen LogP contribution in [0, 0.1) is 28.4 Å². The maximum absolute atomic E-state index is 10.7. The van der Waals surface area contributed by atoms with Crippen LogP contribution < -0.4 is 5.32 Å². The van der Waals surface area contributed by atoms with Crippen molar-refractivity contribution in [2.45, 2.75) is 19.9 Å². The predicted molar refractivity (Wildman–Crippen MR) is 76.7 cm³/mol. The van der Waals surface area contributed by atoms with Crippen molar-refractivity contribution in [3.8, 4) is 6.07 Å². The highest BCUT2D eigenvalue weighted by atomic mass is 32.1. The smallest absolute Gasteiger partial charge is 0.289 e. The summed E-state index contributed by atoms with van der Waals surface area (Å²) < 4.78 is 0. The zero-order valence-electron chi connectivity index (χ0n) is 11.0. The molecule has 102 valence electrons. The molecule has 0 radical (unpaired) electrons. The second-order valence-corrected chi connectivity index (χ2v) is 5.59. The lowest BCUT2D eigenvalue weighted by atomic mass is 10.2. The first-order chi connectivity index (χ1) is 9.51. The van der Waals surface area contributed by atoms with E-state index in [1.165, 1.54) is 10.9 Å². The summed E-state index contributed by atoms with van der Waals surface area (Å²) in [4.78, 5) is 16.4. The zero-order valence-corrected chi connectivity index (χ0v) is 11.8. The van der Waals surface area contributed by atoms with Crippen LogP contribution in [0.5, 0.6) is 0 Å². The highest BCUT2D eigenvalue weighted by Gasteiger charge is 2.15. The number of hydrogen-bond donors (Lipinski definition) is 1. The summed E-state index contributed by atoms with van der Waals surface area (Å²) in [5.41, 5.74) is -0.0222. The molecule has 2 rings (SSSR count). The Bertz CT molecular complexity index is 690. The average molecular weight is 288 g/mol. The van der Waals surface area contributed by atoms with Crippen molar-refractivity contribution in [2.75, 3.05) is 5.32 Å². The molecule has 0 aromatic carbocycles. The second-order valence-electron chi connectivity index (χ2n) is 4.27. The number of nitriles is 1. The molecule has 0 spiro atoms. The first kappa shape index (κ1) is 14.0. The highest BCUT2D eigenvalue weighted by Crippen LogP contribution is 2.27. The van der Waals surface area contributed by atoms with Crippen molar-refractivity contribution in [3.63, 3.8) is 0 Å². The lowest BCUT2D eigenvalue weighted by Gasteiger charge is -2.13. The summed E-state index contributed by atoms with van der Waals surface area (Å²) in [5, 5.41) is 22.8. The number of aromatic nitrogens is 1. The van der Waals surface area contributed by atoms with E-state index in [0.717, 1.165) is 11.1 Å². The Morgan fingerprint density at radius 3 is 2.85 bits per heavy atom. The molecule has 0 aliphatic heterocycles. The molecule has 6 nitrogen and oxygen atoms in total. The first-order valence-corrected chi connectivity index (χ1v) is 6.70. The maximum atomic E-state index is 10.7. The molecule has 0 aliphatic rings. The lowest BCUT2D eigenvalue weighted by molar-refractivity contribution is -0.385. The van der Waals surface area contributed by atoms with Gasteiger partial charge in [-0.2, -0.15) is 5.26 Å². The maximum Gasteiger partial charge on any atom is 0.289 e. The van der Waals surface area contributed by atoms with Gasteiger partial charge < -0.3 is 5.32 Å². The van der Waals surface area contributed by atoms with E-state index in [4.69, 9.17) is 5.26 Å². The van der Waals surface area contributed by atoms with Gasteiger partial charge in [-0.1, -0.05) is 0 Å². The number of nitro groups is 1. The molecular weight excluding hydrogens is 276 g/mol. The van der Waals surface area contributed by atoms with E-state index < -0.39 is 4.92 Å². The van der Waals surface area contributed by atoms with Gasteiger partial charge in [-0.05, 0) is 26.0 Å². The molecule has 20 heavy (non-hydrogen) atoms. The van der Waals surface area contributed by atoms with Gasteiger partial charge in [0.05, 0.1) is 11.0 Å². The van der Waals surface area contributed by atoms with Gasteiger partial charge in [-0.25, -0.2) is 4.98 Å². The average Bonchev–Trinajstić information content (AvgIpc) is 2.85. The number of hydrogen-bond acceptors (Lipinski definition) is 6. The fraction of sp³-hybridized carbons (Fsp3) is 0.231. The Labute approximate surface area is 119 Å². The van der Waals surface area contributed by atoms with Crippen LogP contribution >= 0.6 is 11.3 Å². The Hall–Kier alpha value is -2.46. The third kappa shape index (κ3) is 2.92. The van der Waals surface area contributed by atoms with E-state index in [-0.39, 0.29) is 17.3 Å². The van der Waals surface area contributed by atoms with Crippen LogP contribution in [-0.2, 0) is 0 Å². The summed E-state index contributed by atoms with van der Waals surface area (Å²) in [7, 11) is 0. The molecule has 7 heteroatoms. The minimum atomic E-state index is -0.566. The van der Waals surface area contributed by atoms with E-state index in [9.17, 15) is 10.1 Å². The van der Waals surface area contributed by atoms with Crippen LogP contribution in [0.1, 0.15) is 28.3 Å². The topological polar surface area (TPSA) is 91.8 Å². The molecule has 0 aliphatic carbocycles. The van der Waals surface area contributed by atoms with Gasteiger partial charge in [-0.15, -0.1) is 11.3 Å². The highest BCUT2D eigenvalue weighted by molar-refractivity contribution is 7.12. The molecule has 0 amide bonds. The molecule has 1 atom stereocenters. The fourth-order valence-electron chi connectivity index (χ4n) is 1.72. The summed E-state index contributed by atoms with van der Waals surface area (Å²) in [6.07, 6.45) is 1.15. The molecule has 0 bridgehead atoms. The van der Waals surface area contributed by atoms with Crippen LogP contribution in [0.25, 0.3) is 0 Å². The lowest BCUT2D eigenvalue weighted by Crippen LogP contribution is -2.08. The van der Waals surface area contributed by atoms with Crippen molar-refractivity contribution in [1.29, 1.82) is 5.26 Å². The summed E-state index contributed by atoms with van der Waals surface area (Å²) in [6.45, 7) is 3.97. The van der Waals surface area contributed by atoms with Gasteiger partial charge in [0.25, 0.3) is 5.69 Å². The summed E-state index contributed by atoms with van der Waals surface area (Å²) in [6, 6.07) is 7.16. The van der Waals surface area contributed by atoms with Crippen LogP contribution in [-0.4, -0.2) is 9.91 Å². The van der Waals surface area contributed by atoms with E-state index in [1.807, 2.05) is 32.0 Å². The number of nitrogens with zero attached hydrogens (tertiary/aromatic N) is 3. The van der Waals surface area contributed by atoms with E-state index in [0.29, 0.717) is 5.82 Å². The van der Waals surface area contributed by atoms with Gasteiger partial charge in [0.1, 0.15) is 23.6 Å². The predicted octanol–water partition coefficient (Wildman–Crippen LogP) is 3.40. The quantitative estimate of drug-likeness (QED) is 0.687. The van der Waals surface area contributed by atoms with E-state index >= 15 is 0 Å². The van der Waals surface area contributed by atoms with Gasteiger partial charge in [-0.3, -0.25) is 10.1 Å². The molecule has 0 saturated heterocycles. The monoisotopic (exact) mass is 288 g/mol.